The zero-order valence-corrected chi connectivity index (χ0v) is 13.2. The van der Waals surface area contributed by atoms with E-state index in [9.17, 15) is 14.4 Å². The van der Waals surface area contributed by atoms with Crippen LogP contribution in [0.15, 0.2) is 36.4 Å². The zero-order valence-electron chi connectivity index (χ0n) is 13.2. The molecule has 1 heterocycles. The Morgan fingerprint density at radius 2 is 1.62 bits per heavy atom. The van der Waals surface area contributed by atoms with Crippen molar-refractivity contribution in [3.05, 3.63) is 36.4 Å². The van der Waals surface area contributed by atoms with Gasteiger partial charge in [0, 0.05) is 6.92 Å². The first kappa shape index (κ1) is 14.0. The Balaban J connectivity index is 1.57. The largest absolute Gasteiger partial charge is 0.424 e. The Hall–Kier alpha value is -2.43. The quantitative estimate of drug-likeness (QED) is 0.362. The van der Waals surface area contributed by atoms with Crippen LogP contribution in [0.3, 0.4) is 0 Å². The molecule has 0 spiro atoms. The number of carbonyl (C=O) groups is 3. The number of nitrogens with zero attached hydrogens (tertiary/aromatic N) is 1. The Bertz CT molecular complexity index is 777. The van der Waals surface area contributed by atoms with Crippen LogP contribution in [0.5, 0.6) is 5.75 Å². The molecule has 1 aromatic carbocycles. The van der Waals surface area contributed by atoms with Gasteiger partial charge >= 0.3 is 5.97 Å². The summed E-state index contributed by atoms with van der Waals surface area (Å²) in [5.41, 5.74) is 0.380. The van der Waals surface area contributed by atoms with Gasteiger partial charge in [0.25, 0.3) is 0 Å². The van der Waals surface area contributed by atoms with Gasteiger partial charge in [-0.2, -0.15) is 0 Å². The molecular formula is C19H17NO4. The Morgan fingerprint density at radius 1 is 1.04 bits per heavy atom. The van der Waals surface area contributed by atoms with Gasteiger partial charge in [0.05, 0.1) is 17.5 Å². The van der Waals surface area contributed by atoms with Crippen molar-refractivity contribution in [2.75, 3.05) is 4.90 Å². The summed E-state index contributed by atoms with van der Waals surface area (Å²) in [6, 6.07) is 6.75. The highest BCUT2D eigenvalue weighted by Gasteiger charge is 2.67. The first-order chi connectivity index (χ1) is 11.6. The van der Waals surface area contributed by atoms with E-state index in [1.54, 1.807) is 24.3 Å². The van der Waals surface area contributed by atoms with Crippen LogP contribution >= 0.6 is 0 Å². The number of anilines is 1. The third-order valence-corrected chi connectivity index (χ3v) is 6.02. The molecule has 4 aliphatic carbocycles. The first-order valence-corrected chi connectivity index (χ1v) is 8.41. The van der Waals surface area contributed by atoms with E-state index in [4.69, 9.17) is 4.74 Å². The molecule has 1 aliphatic heterocycles. The molecule has 0 radical (unpaired) electrons. The molecule has 5 heteroatoms. The molecule has 2 amide bonds. The van der Waals surface area contributed by atoms with E-state index in [1.165, 1.54) is 11.8 Å². The predicted molar refractivity (Wildman–Crippen MR) is 84.9 cm³/mol. The molecule has 6 atom stereocenters. The molecule has 2 saturated carbocycles. The average molecular weight is 323 g/mol. The predicted octanol–water partition coefficient (Wildman–Crippen LogP) is 2.17. The molecule has 2 bridgehead atoms. The molecule has 6 rings (SSSR count). The molecule has 24 heavy (non-hydrogen) atoms. The number of amides is 2. The van der Waals surface area contributed by atoms with E-state index in [0.29, 0.717) is 17.5 Å². The monoisotopic (exact) mass is 323 g/mol. The van der Waals surface area contributed by atoms with Gasteiger partial charge in [-0.3, -0.25) is 14.4 Å². The Morgan fingerprint density at radius 3 is 2.21 bits per heavy atom. The minimum atomic E-state index is -0.470. The van der Waals surface area contributed by atoms with Crippen molar-refractivity contribution >= 4 is 23.5 Å². The second kappa shape index (κ2) is 4.56. The lowest BCUT2D eigenvalue weighted by molar-refractivity contribution is -0.132. The molecule has 1 aromatic rings. The van der Waals surface area contributed by atoms with E-state index in [0.717, 1.165) is 6.42 Å². The molecule has 5 nitrogen and oxygen atoms in total. The number of esters is 1. The fourth-order valence-electron chi connectivity index (χ4n) is 5.08. The second-order valence-electron chi connectivity index (χ2n) is 7.23. The number of hydrogen-bond acceptors (Lipinski definition) is 4. The summed E-state index contributed by atoms with van der Waals surface area (Å²) in [5.74, 6) is 0.521. The number of allylic oxidation sites excluding steroid dienone is 2. The van der Waals surface area contributed by atoms with Crippen LogP contribution in [0.25, 0.3) is 0 Å². The van der Waals surface area contributed by atoms with Gasteiger partial charge in [0.1, 0.15) is 0 Å². The number of ether oxygens (including phenoxy) is 1. The summed E-state index contributed by atoms with van der Waals surface area (Å²) in [6.45, 7) is 1.31. The van der Waals surface area contributed by atoms with Gasteiger partial charge in [0.15, 0.2) is 5.75 Å². The van der Waals surface area contributed by atoms with Gasteiger partial charge in [-0.15, -0.1) is 0 Å². The van der Waals surface area contributed by atoms with Crippen molar-refractivity contribution < 1.29 is 19.1 Å². The summed E-state index contributed by atoms with van der Waals surface area (Å²) in [4.78, 5) is 38.7. The topological polar surface area (TPSA) is 63.7 Å². The number of hydrogen-bond donors (Lipinski definition) is 0. The van der Waals surface area contributed by atoms with Gasteiger partial charge in [-0.1, -0.05) is 24.3 Å². The summed E-state index contributed by atoms with van der Waals surface area (Å²) < 4.78 is 5.21. The third-order valence-electron chi connectivity index (χ3n) is 6.02. The van der Waals surface area contributed by atoms with Gasteiger partial charge in [-0.05, 0) is 42.2 Å². The number of benzene rings is 1. The zero-order chi connectivity index (χ0) is 16.6. The van der Waals surface area contributed by atoms with Crippen molar-refractivity contribution in [3.63, 3.8) is 0 Å². The fraction of sp³-hybridized carbons (Fsp3) is 0.421. The normalized spacial score (nSPS) is 38.1. The van der Waals surface area contributed by atoms with Crippen molar-refractivity contribution in [1.82, 2.24) is 0 Å². The lowest BCUT2D eigenvalue weighted by atomic mass is 9.63. The third kappa shape index (κ3) is 1.67. The van der Waals surface area contributed by atoms with Crippen LogP contribution in [0.2, 0.25) is 0 Å². The minimum Gasteiger partial charge on any atom is -0.424 e. The van der Waals surface area contributed by atoms with Gasteiger partial charge in [0.2, 0.25) is 11.8 Å². The minimum absolute atomic E-state index is 0.144. The Labute approximate surface area is 139 Å². The lowest BCUT2D eigenvalue weighted by Gasteiger charge is -2.37. The van der Waals surface area contributed by atoms with E-state index in [1.807, 2.05) is 0 Å². The van der Waals surface area contributed by atoms with E-state index >= 15 is 0 Å². The second-order valence-corrected chi connectivity index (χ2v) is 7.23. The molecule has 5 aliphatic rings. The summed E-state index contributed by atoms with van der Waals surface area (Å²) in [5, 5.41) is 0. The van der Waals surface area contributed by atoms with Crippen molar-refractivity contribution in [2.45, 2.75) is 13.3 Å². The van der Waals surface area contributed by atoms with Crippen LogP contribution in [-0.2, 0) is 14.4 Å². The first-order valence-electron chi connectivity index (χ1n) is 8.41. The number of imide groups is 1. The molecule has 3 fully saturated rings. The maximum atomic E-state index is 13.1. The van der Waals surface area contributed by atoms with Crippen LogP contribution in [0.4, 0.5) is 5.69 Å². The lowest BCUT2D eigenvalue weighted by Crippen LogP contribution is -2.40. The van der Waals surface area contributed by atoms with Gasteiger partial charge < -0.3 is 4.74 Å². The van der Waals surface area contributed by atoms with Crippen molar-refractivity contribution in [3.8, 4) is 5.75 Å². The Kier molecular flexibility index (Phi) is 2.65. The van der Waals surface area contributed by atoms with Crippen LogP contribution in [0, 0.1) is 35.5 Å². The highest BCUT2D eigenvalue weighted by molar-refractivity contribution is 6.23. The summed E-state index contributed by atoms with van der Waals surface area (Å²) in [6.07, 6.45) is 5.43. The smallest absolute Gasteiger partial charge is 0.308 e. The van der Waals surface area contributed by atoms with E-state index in [-0.39, 0.29) is 41.2 Å². The maximum Gasteiger partial charge on any atom is 0.308 e. The number of rotatable bonds is 2. The summed E-state index contributed by atoms with van der Waals surface area (Å²) >= 11 is 0. The van der Waals surface area contributed by atoms with Crippen LogP contribution in [0.1, 0.15) is 13.3 Å². The fourth-order valence-corrected chi connectivity index (χ4v) is 5.08. The number of carbonyl (C=O) groups excluding carboxylic acids is 3. The van der Waals surface area contributed by atoms with Crippen LogP contribution in [-0.4, -0.2) is 17.8 Å². The molecule has 122 valence electrons. The molecule has 0 N–H and O–H groups in total. The van der Waals surface area contributed by atoms with Gasteiger partial charge in [-0.25, -0.2) is 4.90 Å². The SMILES string of the molecule is CC(=O)Oc1ccccc1N1C(=O)[C@H]2[C@@H]3C=C[C@H]([C@H]4C[C@H]34)[C@@H]2C1=O. The molecule has 1 saturated heterocycles. The highest BCUT2D eigenvalue weighted by atomic mass is 16.5. The van der Waals surface area contributed by atoms with E-state index < -0.39 is 5.97 Å². The summed E-state index contributed by atoms with van der Waals surface area (Å²) in [7, 11) is 0. The van der Waals surface area contributed by atoms with E-state index in [2.05, 4.69) is 12.2 Å². The molecule has 0 unspecified atom stereocenters. The number of para-hydroxylation sites is 2. The molecular weight excluding hydrogens is 306 g/mol. The van der Waals surface area contributed by atoms with Crippen LogP contribution < -0.4 is 9.64 Å². The van der Waals surface area contributed by atoms with Crippen molar-refractivity contribution in [2.24, 2.45) is 35.5 Å². The average Bonchev–Trinajstić information content (AvgIpc) is 3.33. The molecule has 0 aromatic heterocycles. The standard InChI is InChI=1S/C19H17NO4/c1-9(21)24-15-5-3-2-4-14(15)20-18(22)16-10-6-7-11(13-8-12(10)13)17(16)19(20)23/h2-7,10-13,16-17H,8H2,1H3/t10-,11-,12-,13-,16+,17+/m1/s1. The van der Waals surface area contributed by atoms with Crippen molar-refractivity contribution in [1.29, 1.82) is 0 Å². The maximum absolute atomic E-state index is 13.1. The highest BCUT2D eigenvalue weighted by Crippen LogP contribution is 2.65.